The molecule has 0 atom stereocenters. The van der Waals surface area contributed by atoms with E-state index in [-0.39, 0.29) is 44.8 Å². The van der Waals surface area contributed by atoms with Crippen molar-refractivity contribution in [1.82, 2.24) is 0 Å². The summed E-state index contributed by atoms with van der Waals surface area (Å²) in [6.45, 7) is 0. The molecule has 6 N–H and O–H groups in total. The molecular weight excluding hydrogens is 658 g/mol. The second kappa shape index (κ2) is 17.3. The molecular formula is C6H6Au2O12. The van der Waals surface area contributed by atoms with E-state index in [4.69, 9.17) is 59.4 Å². The molecule has 0 aliphatic rings. The normalized spacial score (nSPS) is 6.60. The largest absolute Gasteiger partial charge is 0.473 e. The SMILES string of the molecule is O=C(O)C(=O)O.O=C(O)C(=O)O.O=C(O)C(=O)O.[Au].[Au]. The third-order valence-electron chi connectivity index (χ3n) is 0.549. The standard InChI is InChI=1S/3C2H2O4.2Au/c3*3-1(4)2(5)6;;/h3*(H,3,4)(H,5,6);;. The second-order valence-electron chi connectivity index (χ2n) is 1.83. The van der Waals surface area contributed by atoms with Crippen molar-refractivity contribution < 1.29 is 104 Å². The minimum absolute atomic E-state index is 0. The topological polar surface area (TPSA) is 224 Å². The van der Waals surface area contributed by atoms with Crippen LogP contribution in [-0.4, -0.2) is 66.5 Å². The van der Waals surface area contributed by atoms with Crippen molar-refractivity contribution in [2.45, 2.75) is 0 Å². The molecule has 0 heterocycles. The van der Waals surface area contributed by atoms with Crippen LogP contribution < -0.4 is 0 Å². The summed E-state index contributed by atoms with van der Waals surface area (Å²) >= 11 is 0. The van der Waals surface area contributed by atoms with E-state index in [0.717, 1.165) is 0 Å². The van der Waals surface area contributed by atoms with E-state index >= 15 is 0 Å². The van der Waals surface area contributed by atoms with Gasteiger partial charge in [-0.05, 0) is 0 Å². The van der Waals surface area contributed by atoms with Crippen LogP contribution in [0.25, 0.3) is 0 Å². The molecule has 0 fully saturated rings. The predicted octanol–water partition coefficient (Wildman–Crippen LogP) is -2.54. The predicted molar refractivity (Wildman–Crippen MR) is 45.8 cm³/mol. The van der Waals surface area contributed by atoms with Gasteiger partial charge in [-0.1, -0.05) is 0 Å². The smallest absolute Gasteiger partial charge is 0.414 e. The number of rotatable bonds is 0. The van der Waals surface area contributed by atoms with E-state index in [1.165, 1.54) is 0 Å². The molecule has 0 aromatic heterocycles. The van der Waals surface area contributed by atoms with Gasteiger partial charge in [0.15, 0.2) is 0 Å². The fourth-order valence-electron chi connectivity index (χ4n) is 0. The first-order valence-corrected chi connectivity index (χ1v) is 3.32. The van der Waals surface area contributed by atoms with Gasteiger partial charge in [0.1, 0.15) is 0 Å². The molecule has 12 nitrogen and oxygen atoms in total. The quantitative estimate of drug-likeness (QED) is 0.117. The Bertz CT molecular complexity index is 281. The van der Waals surface area contributed by atoms with E-state index in [0.29, 0.717) is 0 Å². The minimum atomic E-state index is -1.82. The fraction of sp³-hybridized carbons (Fsp3) is 0. The number of aliphatic carboxylic acids is 6. The van der Waals surface area contributed by atoms with Crippen molar-refractivity contribution in [2.75, 3.05) is 0 Å². The van der Waals surface area contributed by atoms with Crippen molar-refractivity contribution in [1.29, 1.82) is 0 Å². The molecule has 0 rings (SSSR count). The first-order chi connectivity index (χ1) is 7.93. The molecule has 0 amide bonds. The van der Waals surface area contributed by atoms with E-state index < -0.39 is 35.8 Å². The average Bonchev–Trinajstić information content (AvgIpc) is 2.18. The van der Waals surface area contributed by atoms with E-state index in [1.807, 2.05) is 0 Å². The Morgan fingerprint density at radius 1 is 0.350 bits per heavy atom. The minimum Gasteiger partial charge on any atom is -0.473 e. The second-order valence-corrected chi connectivity index (χ2v) is 1.83. The average molecular weight is 664 g/mol. The Morgan fingerprint density at radius 2 is 0.400 bits per heavy atom. The zero-order valence-electron chi connectivity index (χ0n) is 8.74. The van der Waals surface area contributed by atoms with Gasteiger partial charge in [-0.25, -0.2) is 28.8 Å². The van der Waals surface area contributed by atoms with Crippen LogP contribution in [0.1, 0.15) is 0 Å². The summed E-state index contributed by atoms with van der Waals surface area (Å²) in [5, 5.41) is 44.3. The number of hydrogen-bond donors (Lipinski definition) is 6. The van der Waals surface area contributed by atoms with Crippen molar-refractivity contribution in [3.05, 3.63) is 0 Å². The van der Waals surface area contributed by atoms with E-state index in [2.05, 4.69) is 0 Å². The number of carboxylic acids is 6. The molecule has 0 spiro atoms. The van der Waals surface area contributed by atoms with Gasteiger partial charge in [-0.2, -0.15) is 0 Å². The molecule has 14 heteroatoms. The third-order valence-corrected chi connectivity index (χ3v) is 0.549. The molecule has 0 aromatic carbocycles. The number of carbonyl (C=O) groups is 6. The summed E-state index contributed by atoms with van der Waals surface area (Å²) < 4.78 is 0. The maximum Gasteiger partial charge on any atom is 0.414 e. The van der Waals surface area contributed by atoms with Crippen LogP contribution in [0.3, 0.4) is 0 Å². The van der Waals surface area contributed by atoms with Gasteiger partial charge in [0, 0.05) is 44.8 Å². The molecule has 2 radical (unpaired) electrons. The summed E-state index contributed by atoms with van der Waals surface area (Å²) in [5.74, 6) is -10.9. The maximum atomic E-state index is 9.10. The Kier molecular flexibility index (Phi) is 26.8. The zero-order valence-corrected chi connectivity index (χ0v) is 13.1. The molecule has 124 valence electrons. The first kappa shape index (κ1) is 31.0. The van der Waals surface area contributed by atoms with Crippen molar-refractivity contribution in [3.8, 4) is 0 Å². The molecule has 0 saturated heterocycles. The van der Waals surface area contributed by atoms with Crippen molar-refractivity contribution in [2.24, 2.45) is 0 Å². The van der Waals surface area contributed by atoms with Crippen molar-refractivity contribution in [3.63, 3.8) is 0 Å². The fourth-order valence-corrected chi connectivity index (χ4v) is 0. The summed E-state index contributed by atoms with van der Waals surface area (Å²) in [6.07, 6.45) is 0. The first-order valence-electron chi connectivity index (χ1n) is 3.32. The summed E-state index contributed by atoms with van der Waals surface area (Å²) in [6, 6.07) is 0. The molecule has 0 bridgehead atoms. The van der Waals surface area contributed by atoms with Crippen LogP contribution in [0.4, 0.5) is 0 Å². The van der Waals surface area contributed by atoms with Gasteiger partial charge >= 0.3 is 35.8 Å². The molecule has 0 saturated carbocycles. The maximum absolute atomic E-state index is 9.10. The van der Waals surface area contributed by atoms with Crippen molar-refractivity contribution >= 4 is 35.8 Å². The van der Waals surface area contributed by atoms with Crippen LogP contribution in [0.2, 0.25) is 0 Å². The Morgan fingerprint density at radius 3 is 0.400 bits per heavy atom. The molecule has 0 aliphatic heterocycles. The monoisotopic (exact) mass is 664 g/mol. The van der Waals surface area contributed by atoms with Gasteiger partial charge in [-0.15, -0.1) is 0 Å². The molecule has 0 unspecified atom stereocenters. The summed E-state index contributed by atoms with van der Waals surface area (Å²) in [5.41, 5.74) is 0. The van der Waals surface area contributed by atoms with Gasteiger partial charge < -0.3 is 30.6 Å². The van der Waals surface area contributed by atoms with Crippen LogP contribution in [-0.2, 0) is 73.5 Å². The Balaban J connectivity index is -0.0000000536. The zero-order chi connectivity index (χ0) is 15.5. The van der Waals surface area contributed by atoms with Crippen LogP contribution in [0.15, 0.2) is 0 Å². The Hall–Kier alpha value is -1.70. The number of hydrogen-bond acceptors (Lipinski definition) is 6. The van der Waals surface area contributed by atoms with Gasteiger partial charge in [0.2, 0.25) is 0 Å². The Labute approximate surface area is 140 Å². The molecule has 0 aliphatic carbocycles. The summed E-state index contributed by atoms with van der Waals surface area (Å²) in [7, 11) is 0. The number of carboxylic acid groups (broad SMARTS) is 6. The van der Waals surface area contributed by atoms with Gasteiger partial charge in [0.25, 0.3) is 0 Å². The van der Waals surface area contributed by atoms with Crippen LogP contribution in [0, 0.1) is 0 Å². The molecule has 20 heavy (non-hydrogen) atoms. The van der Waals surface area contributed by atoms with E-state index in [1.54, 1.807) is 0 Å². The van der Waals surface area contributed by atoms with E-state index in [9.17, 15) is 0 Å². The molecule has 0 aromatic rings. The van der Waals surface area contributed by atoms with Gasteiger partial charge in [-0.3, -0.25) is 0 Å². The third kappa shape index (κ3) is 36.0. The van der Waals surface area contributed by atoms with Crippen LogP contribution >= 0.6 is 0 Å². The summed E-state index contributed by atoms with van der Waals surface area (Å²) in [4.78, 5) is 54.6. The van der Waals surface area contributed by atoms with Gasteiger partial charge in [0.05, 0.1) is 0 Å². The van der Waals surface area contributed by atoms with Crippen LogP contribution in [0.5, 0.6) is 0 Å².